The molecule has 5 nitrogen and oxygen atoms in total. The largest absolute Gasteiger partial charge is 0.322 e. The van der Waals surface area contributed by atoms with E-state index < -0.39 is 6.04 Å². The summed E-state index contributed by atoms with van der Waals surface area (Å²) in [6.07, 6.45) is 3.28. The van der Waals surface area contributed by atoms with Crippen molar-refractivity contribution in [1.29, 1.82) is 0 Å². The van der Waals surface area contributed by atoms with Gasteiger partial charge < -0.3 is 11.1 Å². The molecule has 5 heteroatoms. The fourth-order valence-corrected chi connectivity index (χ4v) is 1.74. The van der Waals surface area contributed by atoms with Gasteiger partial charge in [-0.25, -0.2) is 0 Å². The minimum Gasteiger partial charge on any atom is -0.322 e. The van der Waals surface area contributed by atoms with Gasteiger partial charge in [0.1, 0.15) is 0 Å². The van der Waals surface area contributed by atoms with Gasteiger partial charge in [-0.3, -0.25) is 9.48 Å². The lowest BCUT2D eigenvalue weighted by molar-refractivity contribution is -0.117. The highest BCUT2D eigenvalue weighted by Gasteiger charge is 2.17. The van der Waals surface area contributed by atoms with Gasteiger partial charge in [0.25, 0.3) is 0 Å². The van der Waals surface area contributed by atoms with Crippen molar-refractivity contribution in [3.8, 4) is 0 Å². The lowest BCUT2D eigenvalue weighted by Gasteiger charge is -2.13. The summed E-state index contributed by atoms with van der Waals surface area (Å²) in [6, 6.07) is -0.458. The number of aryl methyl sites for hydroxylation is 2. The van der Waals surface area contributed by atoms with E-state index in [-0.39, 0.29) is 5.91 Å². The van der Waals surface area contributed by atoms with E-state index in [0.717, 1.165) is 17.8 Å². The Labute approximate surface area is 102 Å². The summed E-state index contributed by atoms with van der Waals surface area (Å²) < 4.78 is 1.70. The highest BCUT2D eigenvalue weighted by atomic mass is 16.2. The maximum atomic E-state index is 11.9. The van der Waals surface area contributed by atoms with Crippen LogP contribution in [0.5, 0.6) is 0 Å². The number of anilines is 1. The first-order valence-corrected chi connectivity index (χ1v) is 6.03. The van der Waals surface area contributed by atoms with E-state index in [9.17, 15) is 4.79 Å². The fourth-order valence-electron chi connectivity index (χ4n) is 1.74. The van der Waals surface area contributed by atoms with E-state index in [1.807, 2.05) is 14.0 Å². The van der Waals surface area contributed by atoms with Crippen molar-refractivity contribution in [1.82, 2.24) is 9.78 Å². The van der Waals surface area contributed by atoms with Crippen molar-refractivity contribution >= 4 is 11.6 Å². The molecule has 0 radical (unpaired) electrons. The Morgan fingerprint density at radius 1 is 1.59 bits per heavy atom. The van der Waals surface area contributed by atoms with Crippen LogP contribution in [0.2, 0.25) is 0 Å². The van der Waals surface area contributed by atoms with Crippen LogP contribution in [0.1, 0.15) is 32.9 Å². The third-order valence-corrected chi connectivity index (χ3v) is 2.56. The summed E-state index contributed by atoms with van der Waals surface area (Å²) >= 11 is 0. The Morgan fingerprint density at radius 2 is 2.24 bits per heavy atom. The second-order valence-electron chi connectivity index (χ2n) is 4.74. The number of rotatable bonds is 5. The van der Waals surface area contributed by atoms with Gasteiger partial charge in [-0.15, -0.1) is 0 Å². The number of carbonyl (C=O) groups excluding carboxylic acids is 1. The van der Waals surface area contributed by atoms with Crippen molar-refractivity contribution in [3.05, 3.63) is 11.9 Å². The van der Waals surface area contributed by atoms with E-state index in [2.05, 4.69) is 24.3 Å². The second-order valence-corrected chi connectivity index (χ2v) is 4.74. The Balaban J connectivity index is 2.67. The Morgan fingerprint density at radius 3 is 2.76 bits per heavy atom. The van der Waals surface area contributed by atoms with E-state index in [0.29, 0.717) is 12.3 Å². The molecular weight excluding hydrogens is 216 g/mol. The topological polar surface area (TPSA) is 72.9 Å². The Bertz CT molecular complexity index is 384. The SMILES string of the molecule is CCc1nn(C)cc1NC(=O)[C@@H](N)CC(C)C. The molecule has 0 aromatic carbocycles. The Kier molecular flexibility index (Phi) is 4.69. The monoisotopic (exact) mass is 238 g/mol. The third kappa shape index (κ3) is 3.85. The average molecular weight is 238 g/mol. The van der Waals surface area contributed by atoms with Crippen molar-refractivity contribution < 1.29 is 4.79 Å². The molecule has 1 aromatic rings. The third-order valence-electron chi connectivity index (χ3n) is 2.56. The molecule has 0 aliphatic rings. The number of hydrogen-bond donors (Lipinski definition) is 2. The summed E-state index contributed by atoms with van der Waals surface area (Å²) in [5, 5.41) is 7.10. The van der Waals surface area contributed by atoms with Crippen molar-refractivity contribution in [2.45, 2.75) is 39.7 Å². The van der Waals surface area contributed by atoms with Crippen LogP contribution in [0.3, 0.4) is 0 Å². The maximum absolute atomic E-state index is 11.9. The average Bonchev–Trinajstić information content (AvgIpc) is 2.57. The van der Waals surface area contributed by atoms with Gasteiger partial charge in [0.15, 0.2) is 0 Å². The molecule has 1 heterocycles. The Hall–Kier alpha value is -1.36. The van der Waals surface area contributed by atoms with Crippen LogP contribution in [0.25, 0.3) is 0 Å². The van der Waals surface area contributed by atoms with Gasteiger partial charge in [0.05, 0.1) is 17.4 Å². The van der Waals surface area contributed by atoms with E-state index in [4.69, 9.17) is 5.73 Å². The zero-order valence-electron chi connectivity index (χ0n) is 11.0. The number of hydrogen-bond acceptors (Lipinski definition) is 3. The lowest BCUT2D eigenvalue weighted by Crippen LogP contribution is -2.36. The molecule has 0 fully saturated rings. The summed E-state index contributed by atoms with van der Waals surface area (Å²) in [7, 11) is 1.84. The number of nitrogens with one attached hydrogen (secondary N) is 1. The lowest BCUT2D eigenvalue weighted by atomic mass is 10.0. The van der Waals surface area contributed by atoms with Crippen LogP contribution in [0.4, 0.5) is 5.69 Å². The summed E-state index contributed by atoms with van der Waals surface area (Å²) in [6.45, 7) is 6.11. The number of nitrogens with zero attached hydrogens (tertiary/aromatic N) is 2. The number of carbonyl (C=O) groups is 1. The molecule has 1 atom stereocenters. The van der Waals surface area contributed by atoms with Gasteiger partial charge in [0.2, 0.25) is 5.91 Å². The first-order chi connectivity index (χ1) is 7.93. The standard InChI is InChI=1S/C12H22N4O/c1-5-10-11(7-16(4)15-10)14-12(17)9(13)6-8(2)3/h7-9H,5-6,13H2,1-4H3,(H,14,17)/t9-/m0/s1. The zero-order valence-corrected chi connectivity index (χ0v) is 11.0. The number of aromatic nitrogens is 2. The minimum absolute atomic E-state index is 0.138. The molecule has 0 aliphatic carbocycles. The molecule has 96 valence electrons. The molecule has 0 aliphatic heterocycles. The molecule has 1 aromatic heterocycles. The smallest absolute Gasteiger partial charge is 0.241 e. The summed E-state index contributed by atoms with van der Waals surface area (Å²) in [5.41, 5.74) is 7.47. The van der Waals surface area contributed by atoms with E-state index >= 15 is 0 Å². The van der Waals surface area contributed by atoms with E-state index in [1.165, 1.54) is 0 Å². The summed E-state index contributed by atoms with van der Waals surface area (Å²) in [5.74, 6) is 0.275. The van der Waals surface area contributed by atoms with Crippen LogP contribution in [0, 0.1) is 5.92 Å². The normalized spacial score (nSPS) is 12.8. The van der Waals surface area contributed by atoms with Crippen molar-refractivity contribution in [2.24, 2.45) is 18.7 Å². The molecule has 1 rings (SSSR count). The quantitative estimate of drug-likeness (QED) is 0.812. The fraction of sp³-hybridized carbons (Fsp3) is 0.667. The van der Waals surface area contributed by atoms with Gasteiger partial charge in [-0.2, -0.15) is 5.10 Å². The predicted octanol–water partition coefficient (Wildman–Crippen LogP) is 1.29. The van der Waals surface area contributed by atoms with Crippen LogP contribution in [0.15, 0.2) is 6.20 Å². The first-order valence-electron chi connectivity index (χ1n) is 6.03. The molecule has 0 unspecified atom stereocenters. The first kappa shape index (κ1) is 13.7. The van der Waals surface area contributed by atoms with Gasteiger partial charge in [0, 0.05) is 13.2 Å². The number of amides is 1. The minimum atomic E-state index is -0.458. The maximum Gasteiger partial charge on any atom is 0.241 e. The van der Waals surface area contributed by atoms with Crippen LogP contribution < -0.4 is 11.1 Å². The highest BCUT2D eigenvalue weighted by molar-refractivity contribution is 5.95. The number of nitrogens with two attached hydrogens (primary N) is 1. The molecule has 0 spiro atoms. The van der Waals surface area contributed by atoms with Crippen molar-refractivity contribution in [3.63, 3.8) is 0 Å². The van der Waals surface area contributed by atoms with Crippen LogP contribution in [-0.2, 0) is 18.3 Å². The molecule has 17 heavy (non-hydrogen) atoms. The molecule has 3 N–H and O–H groups in total. The predicted molar refractivity (Wildman–Crippen MR) is 68.6 cm³/mol. The zero-order chi connectivity index (χ0) is 13.0. The second kappa shape index (κ2) is 5.82. The van der Waals surface area contributed by atoms with Gasteiger partial charge in [-0.05, 0) is 18.8 Å². The molecule has 0 saturated heterocycles. The molecule has 0 saturated carbocycles. The highest BCUT2D eigenvalue weighted by Crippen LogP contribution is 2.14. The molecular formula is C12H22N4O. The van der Waals surface area contributed by atoms with Gasteiger partial charge in [-0.1, -0.05) is 20.8 Å². The van der Waals surface area contributed by atoms with Crippen LogP contribution >= 0.6 is 0 Å². The van der Waals surface area contributed by atoms with Gasteiger partial charge >= 0.3 is 0 Å². The summed E-state index contributed by atoms with van der Waals surface area (Å²) in [4.78, 5) is 11.9. The van der Waals surface area contributed by atoms with E-state index in [1.54, 1.807) is 10.9 Å². The van der Waals surface area contributed by atoms with Crippen LogP contribution in [-0.4, -0.2) is 21.7 Å². The molecule has 1 amide bonds. The van der Waals surface area contributed by atoms with Crippen molar-refractivity contribution in [2.75, 3.05) is 5.32 Å². The molecule has 0 bridgehead atoms.